The molecule has 4 rings (SSSR count). The Balaban J connectivity index is 1.65. The summed E-state index contributed by atoms with van der Waals surface area (Å²) in [4.78, 5) is 0. The Morgan fingerprint density at radius 1 is 0.459 bits per heavy atom. The highest BCUT2D eigenvalue weighted by molar-refractivity contribution is 5.18. The van der Waals surface area contributed by atoms with Crippen LogP contribution in [0.3, 0.4) is 0 Å². The van der Waals surface area contributed by atoms with Crippen molar-refractivity contribution < 1.29 is 18.9 Å². The third kappa shape index (κ3) is 5.84. The van der Waals surface area contributed by atoms with Crippen molar-refractivity contribution in [3.05, 3.63) is 0 Å². The molecule has 0 radical (unpaired) electrons. The van der Waals surface area contributed by atoms with Crippen LogP contribution in [0, 0.1) is 39.9 Å². The van der Waals surface area contributed by atoms with Gasteiger partial charge in [-0.1, -0.05) is 55.4 Å². The molecule has 4 saturated carbocycles. The second kappa shape index (κ2) is 12.1. The van der Waals surface area contributed by atoms with Gasteiger partial charge in [-0.15, -0.1) is 0 Å². The van der Waals surface area contributed by atoms with Crippen molar-refractivity contribution in [3.8, 4) is 0 Å². The zero-order valence-electron chi connectivity index (χ0n) is 25.7. The first kappa shape index (κ1) is 29.8. The lowest BCUT2D eigenvalue weighted by molar-refractivity contribution is -0.146. The molecule has 4 nitrogen and oxygen atoms in total. The quantitative estimate of drug-likeness (QED) is 0.261. The fourth-order valence-corrected chi connectivity index (χ4v) is 9.86. The Morgan fingerprint density at radius 2 is 0.730 bits per heavy atom. The van der Waals surface area contributed by atoms with E-state index in [0.717, 1.165) is 75.8 Å². The van der Waals surface area contributed by atoms with E-state index in [2.05, 4.69) is 55.4 Å². The van der Waals surface area contributed by atoms with E-state index in [0.29, 0.717) is 16.2 Å². The summed E-state index contributed by atoms with van der Waals surface area (Å²) >= 11 is 0. The van der Waals surface area contributed by atoms with Gasteiger partial charge in [-0.05, 0) is 104 Å². The molecule has 0 amide bonds. The number of hydrogen-bond donors (Lipinski definition) is 0. The summed E-state index contributed by atoms with van der Waals surface area (Å²) in [6.07, 6.45) is 12.7. The van der Waals surface area contributed by atoms with Crippen molar-refractivity contribution in [2.75, 3.05) is 26.4 Å². The van der Waals surface area contributed by atoms with Crippen molar-refractivity contribution in [2.24, 2.45) is 39.9 Å². The van der Waals surface area contributed by atoms with Crippen LogP contribution in [-0.4, -0.2) is 50.8 Å². The maximum absolute atomic E-state index is 6.57. The highest BCUT2D eigenvalue weighted by Crippen LogP contribution is 2.75. The van der Waals surface area contributed by atoms with Crippen LogP contribution >= 0.6 is 0 Å². The molecule has 216 valence electrons. The fraction of sp³-hybridized carbons (Fsp3) is 1.00. The molecule has 0 bridgehead atoms. The van der Waals surface area contributed by atoms with Crippen molar-refractivity contribution in [1.29, 1.82) is 0 Å². The van der Waals surface area contributed by atoms with Crippen molar-refractivity contribution in [3.63, 3.8) is 0 Å². The highest BCUT2D eigenvalue weighted by Gasteiger charge is 2.69. The normalized spacial score (nSPS) is 42.2. The molecule has 0 heterocycles. The minimum absolute atomic E-state index is 0.247. The molecule has 0 aromatic rings. The highest BCUT2D eigenvalue weighted by atomic mass is 16.5. The lowest BCUT2D eigenvalue weighted by Gasteiger charge is -2.49. The molecule has 4 aliphatic rings. The van der Waals surface area contributed by atoms with Crippen LogP contribution in [0.4, 0.5) is 0 Å². The zero-order valence-corrected chi connectivity index (χ0v) is 25.7. The van der Waals surface area contributed by atoms with Gasteiger partial charge in [0.1, 0.15) is 0 Å². The summed E-state index contributed by atoms with van der Waals surface area (Å²) in [5.74, 6) is 2.88. The van der Waals surface area contributed by atoms with Crippen LogP contribution in [0.5, 0.6) is 0 Å². The predicted octanol–water partition coefficient (Wildman–Crippen LogP) is 8.07. The SMILES string of the molecule is CCCOC1CC2C(CC1OCCC)C1(CC2(C)C)CC(C)(C)C2CC(OCCC)C(OCCC)CC21. The van der Waals surface area contributed by atoms with Crippen LogP contribution in [0.15, 0.2) is 0 Å². The lowest BCUT2D eigenvalue weighted by Crippen LogP contribution is -2.49. The first-order chi connectivity index (χ1) is 17.6. The fourth-order valence-electron chi connectivity index (χ4n) is 9.86. The average Bonchev–Trinajstić information content (AvgIpc) is 3.21. The number of rotatable bonds is 12. The number of ether oxygens (including phenoxy) is 4. The van der Waals surface area contributed by atoms with Gasteiger partial charge >= 0.3 is 0 Å². The summed E-state index contributed by atoms with van der Waals surface area (Å²) in [7, 11) is 0. The van der Waals surface area contributed by atoms with E-state index >= 15 is 0 Å². The first-order valence-electron chi connectivity index (χ1n) is 16.1. The van der Waals surface area contributed by atoms with E-state index in [1.165, 1.54) is 38.5 Å². The maximum atomic E-state index is 6.57. The Bertz CT molecular complexity index is 657. The zero-order chi connectivity index (χ0) is 26.8. The number of fused-ring (bicyclic) bond motifs is 4. The van der Waals surface area contributed by atoms with Gasteiger partial charge in [-0.3, -0.25) is 0 Å². The molecular formula is C33H60O4. The minimum Gasteiger partial charge on any atom is -0.376 e. The summed E-state index contributed by atoms with van der Waals surface area (Å²) < 4.78 is 26.1. The third-order valence-corrected chi connectivity index (χ3v) is 10.9. The molecule has 0 aromatic heterocycles. The van der Waals surface area contributed by atoms with E-state index in [9.17, 15) is 0 Å². The first-order valence-corrected chi connectivity index (χ1v) is 16.1. The Morgan fingerprint density at radius 3 is 1.00 bits per heavy atom. The Kier molecular flexibility index (Phi) is 9.79. The van der Waals surface area contributed by atoms with Crippen molar-refractivity contribution >= 4 is 0 Å². The molecule has 0 N–H and O–H groups in total. The van der Waals surface area contributed by atoms with Gasteiger partial charge in [-0.2, -0.15) is 0 Å². The van der Waals surface area contributed by atoms with Crippen molar-refractivity contribution in [2.45, 2.75) is 144 Å². The van der Waals surface area contributed by atoms with E-state index in [1.807, 2.05) is 0 Å². The van der Waals surface area contributed by atoms with Gasteiger partial charge in [-0.25, -0.2) is 0 Å². The smallest absolute Gasteiger partial charge is 0.0839 e. The van der Waals surface area contributed by atoms with E-state index in [4.69, 9.17) is 18.9 Å². The van der Waals surface area contributed by atoms with Crippen LogP contribution in [0.25, 0.3) is 0 Å². The molecule has 8 unspecified atom stereocenters. The topological polar surface area (TPSA) is 36.9 Å². The molecule has 0 aliphatic heterocycles. The third-order valence-electron chi connectivity index (χ3n) is 10.9. The molecule has 8 atom stereocenters. The van der Waals surface area contributed by atoms with Crippen molar-refractivity contribution in [1.82, 2.24) is 0 Å². The Labute approximate surface area is 229 Å². The standard InChI is InChI=1S/C33H60O4/c1-9-13-34-27-17-23-25(19-29(27)36-15-11-3)33(21-31(23,5)6)22-32(7,8)24-18-28(35-14-10-2)30(20-26(24)33)37-16-12-4/h23-30H,9-22H2,1-8H3. The molecule has 1 spiro atoms. The molecular weight excluding hydrogens is 460 g/mol. The van der Waals surface area contributed by atoms with Gasteiger partial charge < -0.3 is 18.9 Å². The van der Waals surface area contributed by atoms with Gasteiger partial charge in [0.15, 0.2) is 0 Å². The minimum atomic E-state index is 0.247. The molecule has 4 aliphatic carbocycles. The summed E-state index contributed by atoms with van der Waals surface area (Å²) in [5.41, 5.74) is 1.07. The van der Waals surface area contributed by atoms with Gasteiger partial charge in [0.05, 0.1) is 24.4 Å². The van der Waals surface area contributed by atoms with E-state index in [1.54, 1.807) is 0 Å². The monoisotopic (exact) mass is 520 g/mol. The van der Waals surface area contributed by atoms with E-state index in [-0.39, 0.29) is 24.4 Å². The average molecular weight is 521 g/mol. The Hall–Kier alpha value is -0.160. The molecule has 4 fully saturated rings. The van der Waals surface area contributed by atoms with Gasteiger partial charge in [0, 0.05) is 26.4 Å². The van der Waals surface area contributed by atoms with Crippen LogP contribution in [0.1, 0.15) is 120 Å². The van der Waals surface area contributed by atoms with Crippen LogP contribution in [-0.2, 0) is 18.9 Å². The molecule has 4 heteroatoms. The maximum Gasteiger partial charge on any atom is 0.0839 e. The van der Waals surface area contributed by atoms with Gasteiger partial charge in [0.25, 0.3) is 0 Å². The number of hydrogen-bond acceptors (Lipinski definition) is 4. The largest absolute Gasteiger partial charge is 0.376 e. The predicted molar refractivity (Wildman–Crippen MR) is 152 cm³/mol. The summed E-state index contributed by atoms with van der Waals surface area (Å²) in [5, 5.41) is 0. The molecule has 0 saturated heterocycles. The van der Waals surface area contributed by atoms with E-state index < -0.39 is 0 Å². The molecule has 0 aromatic carbocycles. The second-order valence-electron chi connectivity index (χ2n) is 14.6. The van der Waals surface area contributed by atoms with Gasteiger partial charge in [0.2, 0.25) is 0 Å². The lowest BCUT2D eigenvalue weighted by atomic mass is 9.59. The summed E-state index contributed by atoms with van der Waals surface area (Å²) in [6.45, 7) is 22.6. The second-order valence-corrected chi connectivity index (χ2v) is 14.6. The molecule has 37 heavy (non-hydrogen) atoms. The van der Waals surface area contributed by atoms with Crippen LogP contribution in [0.2, 0.25) is 0 Å². The summed E-state index contributed by atoms with van der Waals surface area (Å²) in [6, 6.07) is 0. The van der Waals surface area contributed by atoms with Crippen LogP contribution < -0.4 is 0 Å².